The average Bonchev–Trinajstić information content (AvgIpc) is 3.12. The number of halogens is 1. The van der Waals surface area contributed by atoms with Crippen molar-refractivity contribution in [1.82, 2.24) is 15.0 Å². The summed E-state index contributed by atoms with van der Waals surface area (Å²) >= 11 is 5.92. The number of hydrogen-bond acceptors (Lipinski definition) is 6. The molecule has 0 spiro atoms. The van der Waals surface area contributed by atoms with E-state index >= 15 is 0 Å². The first kappa shape index (κ1) is 19.5. The van der Waals surface area contributed by atoms with E-state index in [2.05, 4.69) is 20.4 Å². The quantitative estimate of drug-likeness (QED) is 0.639. The number of anilines is 1. The number of amides is 1. The van der Waals surface area contributed by atoms with Gasteiger partial charge >= 0.3 is 5.97 Å². The lowest BCUT2D eigenvalue weighted by molar-refractivity contribution is 0.0600. The van der Waals surface area contributed by atoms with Crippen LogP contribution in [0, 0.1) is 0 Å². The number of carbonyl (C=O) groups is 2. The Kier molecular flexibility index (Phi) is 6.03. The van der Waals surface area contributed by atoms with E-state index in [4.69, 9.17) is 16.3 Å². The maximum Gasteiger partial charge on any atom is 0.337 e. The third-order valence-electron chi connectivity index (χ3n) is 3.89. The van der Waals surface area contributed by atoms with E-state index in [0.29, 0.717) is 27.7 Å². The number of ether oxygens (including phenoxy) is 2. The summed E-state index contributed by atoms with van der Waals surface area (Å²) in [6.45, 7) is 0.139. The summed E-state index contributed by atoms with van der Waals surface area (Å²) in [4.78, 5) is 24.2. The Balaban J connectivity index is 1.85. The van der Waals surface area contributed by atoms with Crippen LogP contribution in [0.2, 0.25) is 5.02 Å². The fraction of sp³-hybridized carbons (Fsp3) is 0.158. The number of methoxy groups -OCH3 is 2. The van der Waals surface area contributed by atoms with Crippen molar-refractivity contribution in [3.63, 3.8) is 0 Å². The molecule has 3 rings (SSSR count). The van der Waals surface area contributed by atoms with Crippen molar-refractivity contribution in [1.29, 1.82) is 0 Å². The molecule has 0 unspecified atom stereocenters. The molecule has 0 fully saturated rings. The average molecular weight is 401 g/mol. The van der Waals surface area contributed by atoms with Crippen LogP contribution in [-0.2, 0) is 16.1 Å². The Morgan fingerprint density at radius 1 is 1.07 bits per heavy atom. The van der Waals surface area contributed by atoms with E-state index in [1.807, 2.05) is 0 Å². The monoisotopic (exact) mass is 400 g/mol. The van der Waals surface area contributed by atoms with E-state index in [1.54, 1.807) is 48.5 Å². The third-order valence-corrected chi connectivity index (χ3v) is 4.15. The Bertz CT molecular complexity index is 984. The van der Waals surface area contributed by atoms with Gasteiger partial charge in [0.05, 0.1) is 25.0 Å². The largest absolute Gasteiger partial charge is 0.465 e. The minimum absolute atomic E-state index is 0.133. The van der Waals surface area contributed by atoms with Crippen LogP contribution in [0.4, 0.5) is 5.69 Å². The lowest BCUT2D eigenvalue weighted by atomic mass is 10.2. The summed E-state index contributed by atoms with van der Waals surface area (Å²) in [5.74, 6) is -0.899. The molecular weight excluding hydrogens is 384 g/mol. The Morgan fingerprint density at radius 2 is 1.75 bits per heavy atom. The van der Waals surface area contributed by atoms with Gasteiger partial charge in [0.15, 0.2) is 5.69 Å². The molecule has 144 valence electrons. The highest BCUT2D eigenvalue weighted by Crippen LogP contribution is 2.18. The normalized spacial score (nSPS) is 10.5. The second kappa shape index (κ2) is 8.64. The second-order valence-corrected chi connectivity index (χ2v) is 6.17. The number of benzene rings is 2. The molecule has 1 N–H and O–H groups in total. The standard InChI is InChI=1S/C19H17ClN4O4/c1-27-11-16-17(22-23-24(16)15-9-5-13(20)6-10-15)18(25)21-14-7-3-12(4-8-14)19(26)28-2/h3-10H,11H2,1-2H3,(H,21,25). The molecule has 0 atom stereocenters. The van der Waals surface area contributed by atoms with Crippen LogP contribution >= 0.6 is 11.6 Å². The number of hydrogen-bond donors (Lipinski definition) is 1. The van der Waals surface area contributed by atoms with Gasteiger partial charge in [-0.05, 0) is 48.5 Å². The first-order valence-electron chi connectivity index (χ1n) is 8.22. The summed E-state index contributed by atoms with van der Waals surface area (Å²) in [5, 5.41) is 11.4. The molecule has 8 nitrogen and oxygen atoms in total. The van der Waals surface area contributed by atoms with Gasteiger partial charge in [0.25, 0.3) is 5.91 Å². The molecule has 2 aromatic carbocycles. The van der Waals surface area contributed by atoms with Gasteiger partial charge in [-0.25, -0.2) is 9.48 Å². The molecule has 0 saturated carbocycles. The lowest BCUT2D eigenvalue weighted by Crippen LogP contribution is -2.16. The number of nitrogens with one attached hydrogen (secondary N) is 1. The molecule has 9 heteroatoms. The van der Waals surface area contributed by atoms with E-state index in [-0.39, 0.29) is 12.3 Å². The van der Waals surface area contributed by atoms with Gasteiger partial charge in [0, 0.05) is 17.8 Å². The Labute approximate surface area is 166 Å². The summed E-state index contributed by atoms with van der Waals surface area (Å²) in [6, 6.07) is 13.3. The molecule has 0 aliphatic heterocycles. The van der Waals surface area contributed by atoms with Crippen LogP contribution in [0.1, 0.15) is 26.5 Å². The van der Waals surface area contributed by atoms with Crippen LogP contribution in [0.25, 0.3) is 5.69 Å². The maximum atomic E-state index is 12.7. The lowest BCUT2D eigenvalue weighted by Gasteiger charge is -2.08. The van der Waals surface area contributed by atoms with Crippen molar-refractivity contribution in [2.24, 2.45) is 0 Å². The second-order valence-electron chi connectivity index (χ2n) is 5.73. The van der Waals surface area contributed by atoms with Crippen molar-refractivity contribution in [2.75, 3.05) is 19.5 Å². The van der Waals surface area contributed by atoms with Gasteiger partial charge in [-0.15, -0.1) is 5.10 Å². The zero-order valence-electron chi connectivity index (χ0n) is 15.2. The predicted octanol–water partition coefficient (Wildman–Crippen LogP) is 3.11. The first-order valence-corrected chi connectivity index (χ1v) is 8.60. The number of esters is 1. The van der Waals surface area contributed by atoms with Crippen LogP contribution in [0.15, 0.2) is 48.5 Å². The molecule has 0 aliphatic carbocycles. The van der Waals surface area contributed by atoms with Crippen molar-refractivity contribution in [2.45, 2.75) is 6.61 Å². The van der Waals surface area contributed by atoms with Crippen molar-refractivity contribution < 1.29 is 19.1 Å². The number of carbonyl (C=O) groups excluding carboxylic acids is 2. The van der Waals surface area contributed by atoms with E-state index in [1.165, 1.54) is 18.9 Å². The van der Waals surface area contributed by atoms with Crippen LogP contribution < -0.4 is 5.32 Å². The van der Waals surface area contributed by atoms with Gasteiger partial charge in [-0.3, -0.25) is 4.79 Å². The van der Waals surface area contributed by atoms with Crippen molar-refractivity contribution >= 4 is 29.2 Å². The first-order chi connectivity index (χ1) is 13.5. The molecule has 28 heavy (non-hydrogen) atoms. The van der Waals surface area contributed by atoms with Gasteiger partial charge in [-0.1, -0.05) is 16.8 Å². The summed E-state index contributed by atoms with van der Waals surface area (Å²) in [5.41, 5.74) is 2.21. The SMILES string of the molecule is COCc1c(C(=O)Nc2ccc(C(=O)OC)cc2)nnn1-c1ccc(Cl)cc1. The van der Waals surface area contributed by atoms with Gasteiger partial charge in [0.1, 0.15) is 5.69 Å². The molecule has 0 saturated heterocycles. The molecule has 1 aromatic heterocycles. The highest BCUT2D eigenvalue weighted by Gasteiger charge is 2.21. The highest BCUT2D eigenvalue weighted by atomic mass is 35.5. The summed E-state index contributed by atoms with van der Waals surface area (Å²) < 4.78 is 11.4. The zero-order valence-corrected chi connectivity index (χ0v) is 15.9. The van der Waals surface area contributed by atoms with Gasteiger partial charge < -0.3 is 14.8 Å². The minimum atomic E-state index is -0.453. The number of nitrogens with zero attached hydrogens (tertiary/aromatic N) is 3. The molecule has 0 bridgehead atoms. The Hall–Kier alpha value is -3.23. The topological polar surface area (TPSA) is 95.3 Å². The fourth-order valence-corrected chi connectivity index (χ4v) is 2.66. The molecule has 0 radical (unpaired) electrons. The molecule has 1 amide bonds. The van der Waals surface area contributed by atoms with E-state index in [0.717, 1.165) is 0 Å². The summed E-state index contributed by atoms with van der Waals surface area (Å²) in [7, 11) is 2.83. The minimum Gasteiger partial charge on any atom is -0.465 e. The maximum absolute atomic E-state index is 12.7. The van der Waals surface area contributed by atoms with Crippen molar-refractivity contribution in [3.8, 4) is 5.69 Å². The Morgan fingerprint density at radius 3 is 2.36 bits per heavy atom. The fourth-order valence-electron chi connectivity index (χ4n) is 2.53. The predicted molar refractivity (Wildman–Crippen MR) is 103 cm³/mol. The molecule has 3 aromatic rings. The zero-order chi connectivity index (χ0) is 20.1. The van der Waals surface area contributed by atoms with E-state index in [9.17, 15) is 9.59 Å². The van der Waals surface area contributed by atoms with Crippen LogP contribution in [0.3, 0.4) is 0 Å². The smallest absolute Gasteiger partial charge is 0.337 e. The molecule has 0 aliphatic rings. The van der Waals surface area contributed by atoms with Gasteiger partial charge in [0.2, 0.25) is 0 Å². The number of rotatable bonds is 6. The number of aromatic nitrogens is 3. The van der Waals surface area contributed by atoms with E-state index < -0.39 is 11.9 Å². The molecular formula is C19H17ClN4O4. The van der Waals surface area contributed by atoms with Crippen LogP contribution in [0.5, 0.6) is 0 Å². The molecule has 1 heterocycles. The van der Waals surface area contributed by atoms with Gasteiger partial charge in [-0.2, -0.15) is 0 Å². The third kappa shape index (κ3) is 4.19. The summed E-state index contributed by atoms with van der Waals surface area (Å²) in [6.07, 6.45) is 0. The highest BCUT2D eigenvalue weighted by molar-refractivity contribution is 6.30. The van der Waals surface area contributed by atoms with Crippen molar-refractivity contribution in [3.05, 3.63) is 70.5 Å². The van der Waals surface area contributed by atoms with Crippen LogP contribution in [-0.4, -0.2) is 41.1 Å².